The lowest BCUT2D eigenvalue weighted by Gasteiger charge is -2.31. The number of rotatable bonds is 6. The van der Waals surface area contributed by atoms with Crippen molar-refractivity contribution in [3.63, 3.8) is 0 Å². The Morgan fingerprint density at radius 2 is 1.86 bits per heavy atom. The van der Waals surface area contributed by atoms with Gasteiger partial charge in [0.2, 0.25) is 0 Å². The lowest BCUT2D eigenvalue weighted by molar-refractivity contribution is 0.102. The number of ketones is 1. The van der Waals surface area contributed by atoms with Crippen molar-refractivity contribution in [3.8, 4) is 5.75 Å². The van der Waals surface area contributed by atoms with Gasteiger partial charge in [-0.05, 0) is 62.8 Å². The fourth-order valence-corrected chi connectivity index (χ4v) is 4.32. The van der Waals surface area contributed by atoms with Crippen LogP contribution in [0.15, 0.2) is 40.8 Å². The molecule has 0 bridgehead atoms. The van der Waals surface area contributed by atoms with Gasteiger partial charge in [-0.3, -0.25) is 4.79 Å². The number of benzene rings is 2. The van der Waals surface area contributed by atoms with Crippen molar-refractivity contribution in [1.82, 2.24) is 4.90 Å². The highest BCUT2D eigenvalue weighted by Gasteiger charge is 2.41. The quantitative estimate of drug-likeness (QED) is 0.523. The van der Waals surface area contributed by atoms with Gasteiger partial charge in [-0.2, -0.15) is 0 Å². The molecule has 0 aliphatic heterocycles. The lowest BCUT2D eigenvalue weighted by Crippen LogP contribution is -2.30. The van der Waals surface area contributed by atoms with E-state index in [1.807, 2.05) is 24.3 Å². The van der Waals surface area contributed by atoms with Gasteiger partial charge < -0.3 is 14.1 Å². The Labute approximate surface area is 176 Å². The molecule has 2 aromatic carbocycles. The molecule has 29 heavy (non-hydrogen) atoms. The van der Waals surface area contributed by atoms with Crippen molar-refractivity contribution >= 4 is 28.4 Å². The van der Waals surface area contributed by atoms with E-state index in [4.69, 9.17) is 20.8 Å². The van der Waals surface area contributed by atoms with Gasteiger partial charge in [-0.1, -0.05) is 25.4 Å². The number of hydrogen-bond donors (Lipinski definition) is 0. The van der Waals surface area contributed by atoms with E-state index in [-0.39, 0.29) is 5.78 Å². The van der Waals surface area contributed by atoms with Gasteiger partial charge in [0.05, 0.1) is 5.56 Å². The van der Waals surface area contributed by atoms with E-state index in [2.05, 4.69) is 32.6 Å². The van der Waals surface area contributed by atoms with Gasteiger partial charge in [-0.25, -0.2) is 0 Å². The smallest absolute Gasteiger partial charge is 0.197 e. The number of carbonyl (C=O) groups excluding carboxylic acids is 1. The first kappa shape index (κ1) is 20.0. The highest BCUT2D eigenvalue weighted by molar-refractivity contribution is 6.31. The highest BCUT2D eigenvalue weighted by atomic mass is 35.5. The van der Waals surface area contributed by atoms with E-state index in [9.17, 15) is 4.79 Å². The second-order valence-corrected chi connectivity index (χ2v) is 8.42. The van der Waals surface area contributed by atoms with Crippen molar-refractivity contribution in [2.24, 2.45) is 0 Å². The van der Waals surface area contributed by atoms with Crippen LogP contribution in [-0.2, 0) is 5.41 Å². The predicted molar refractivity (Wildman–Crippen MR) is 117 cm³/mol. The molecule has 0 amide bonds. The minimum atomic E-state index is -0.456. The molecular weight excluding hydrogens is 386 g/mol. The zero-order valence-corrected chi connectivity index (χ0v) is 18.1. The van der Waals surface area contributed by atoms with Crippen LogP contribution in [0.5, 0.6) is 5.75 Å². The molecule has 0 fully saturated rings. The maximum Gasteiger partial charge on any atom is 0.197 e. The zero-order valence-electron chi connectivity index (χ0n) is 17.3. The number of carbonyl (C=O) groups is 1. The summed E-state index contributed by atoms with van der Waals surface area (Å²) in [6.07, 6.45) is 0. The predicted octanol–water partition coefficient (Wildman–Crippen LogP) is 5.68. The van der Waals surface area contributed by atoms with Crippen LogP contribution in [-0.4, -0.2) is 36.9 Å². The van der Waals surface area contributed by atoms with Crippen LogP contribution in [0.25, 0.3) is 11.0 Å². The SMILES string of the molecule is CCN(CC)CCOc1ccc2c(c1)C(C)(C)c1oc3cc(Cl)ccc3c1C2=O. The van der Waals surface area contributed by atoms with Crippen molar-refractivity contribution in [2.45, 2.75) is 33.1 Å². The molecule has 0 unspecified atom stereocenters. The van der Waals surface area contributed by atoms with Gasteiger partial charge in [-0.15, -0.1) is 0 Å². The Balaban J connectivity index is 1.70. The molecule has 0 spiro atoms. The van der Waals surface area contributed by atoms with Crippen LogP contribution in [0, 0.1) is 0 Å². The second kappa shape index (κ2) is 7.51. The van der Waals surface area contributed by atoms with E-state index >= 15 is 0 Å². The summed E-state index contributed by atoms with van der Waals surface area (Å²) in [4.78, 5) is 15.6. The van der Waals surface area contributed by atoms with E-state index in [1.54, 1.807) is 12.1 Å². The number of likely N-dealkylation sites (N-methyl/N-ethyl adjacent to an activating group) is 1. The maximum absolute atomic E-state index is 13.3. The molecule has 0 saturated heterocycles. The summed E-state index contributed by atoms with van der Waals surface area (Å²) >= 11 is 6.13. The third-order valence-electron chi connectivity index (χ3n) is 5.93. The normalized spacial score (nSPS) is 14.9. The van der Waals surface area contributed by atoms with E-state index < -0.39 is 5.41 Å². The monoisotopic (exact) mass is 411 g/mol. The first-order valence-electron chi connectivity index (χ1n) is 10.1. The maximum atomic E-state index is 13.3. The summed E-state index contributed by atoms with van der Waals surface area (Å²) in [6.45, 7) is 12.0. The standard InChI is InChI=1S/C24H26ClNO3/c1-5-26(6-2)11-12-28-16-8-10-17-19(14-16)24(3,4)23-21(22(17)27)18-9-7-15(25)13-20(18)29-23/h7-10,13-14H,5-6,11-12H2,1-4H3. The average Bonchev–Trinajstić information content (AvgIpc) is 3.09. The molecule has 0 atom stereocenters. The fourth-order valence-electron chi connectivity index (χ4n) is 4.15. The minimum absolute atomic E-state index is 0.00918. The van der Waals surface area contributed by atoms with Crippen molar-refractivity contribution in [1.29, 1.82) is 0 Å². The molecule has 0 radical (unpaired) electrons. The van der Waals surface area contributed by atoms with Crippen LogP contribution in [0.4, 0.5) is 0 Å². The van der Waals surface area contributed by atoms with Crippen LogP contribution >= 0.6 is 11.6 Å². The first-order chi connectivity index (χ1) is 13.9. The van der Waals surface area contributed by atoms with Gasteiger partial charge in [0, 0.05) is 34.0 Å². The summed E-state index contributed by atoms with van der Waals surface area (Å²) < 4.78 is 12.1. The second-order valence-electron chi connectivity index (χ2n) is 7.98. The topological polar surface area (TPSA) is 42.7 Å². The van der Waals surface area contributed by atoms with Gasteiger partial charge in [0.15, 0.2) is 5.78 Å². The Morgan fingerprint density at radius 3 is 2.59 bits per heavy atom. The van der Waals surface area contributed by atoms with E-state index in [1.165, 1.54) is 0 Å². The number of halogens is 1. The minimum Gasteiger partial charge on any atom is -0.492 e. The number of nitrogens with zero attached hydrogens (tertiary/aromatic N) is 1. The van der Waals surface area contributed by atoms with Crippen molar-refractivity contribution in [2.75, 3.05) is 26.2 Å². The number of hydrogen-bond acceptors (Lipinski definition) is 4. The van der Waals surface area contributed by atoms with Crippen molar-refractivity contribution in [3.05, 3.63) is 63.9 Å². The van der Waals surface area contributed by atoms with Gasteiger partial charge >= 0.3 is 0 Å². The molecule has 1 aromatic heterocycles. The fraction of sp³-hybridized carbons (Fsp3) is 0.375. The summed E-state index contributed by atoms with van der Waals surface area (Å²) in [7, 11) is 0. The number of ether oxygens (including phenoxy) is 1. The molecule has 1 aliphatic rings. The van der Waals surface area contributed by atoms with E-state index in [0.717, 1.165) is 36.3 Å². The van der Waals surface area contributed by atoms with Crippen LogP contribution in [0.3, 0.4) is 0 Å². The summed E-state index contributed by atoms with van der Waals surface area (Å²) in [5, 5.41) is 1.41. The van der Waals surface area contributed by atoms with Crippen LogP contribution < -0.4 is 4.74 Å². The van der Waals surface area contributed by atoms with Gasteiger partial charge in [0.25, 0.3) is 0 Å². The van der Waals surface area contributed by atoms with E-state index in [0.29, 0.717) is 34.1 Å². The molecule has 1 heterocycles. The van der Waals surface area contributed by atoms with Crippen LogP contribution in [0.2, 0.25) is 5.02 Å². The molecule has 0 saturated carbocycles. The highest BCUT2D eigenvalue weighted by Crippen LogP contribution is 2.46. The van der Waals surface area contributed by atoms with Crippen molar-refractivity contribution < 1.29 is 13.9 Å². The zero-order chi connectivity index (χ0) is 20.8. The lowest BCUT2D eigenvalue weighted by atomic mass is 9.72. The molecule has 0 N–H and O–H groups in total. The molecule has 3 aromatic rings. The Morgan fingerprint density at radius 1 is 1.10 bits per heavy atom. The van der Waals surface area contributed by atoms with Crippen LogP contribution in [0.1, 0.15) is 54.9 Å². The average molecular weight is 412 g/mol. The number of furan rings is 1. The molecular formula is C24H26ClNO3. The summed E-state index contributed by atoms with van der Waals surface area (Å²) in [5.41, 5.74) is 2.47. The number of fused-ring (bicyclic) bond motifs is 4. The summed E-state index contributed by atoms with van der Waals surface area (Å²) in [6, 6.07) is 11.2. The summed E-state index contributed by atoms with van der Waals surface area (Å²) in [5.74, 6) is 1.46. The molecule has 4 nitrogen and oxygen atoms in total. The largest absolute Gasteiger partial charge is 0.492 e. The first-order valence-corrected chi connectivity index (χ1v) is 10.5. The molecule has 152 valence electrons. The molecule has 4 rings (SSSR count). The molecule has 1 aliphatic carbocycles. The Hall–Kier alpha value is -2.30. The third kappa shape index (κ3) is 3.34. The third-order valence-corrected chi connectivity index (χ3v) is 6.16. The Bertz CT molecular complexity index is 1080. The van der Waals surface area contributed by atoms with Gasteiger partial charge in [0.1, 0.15) is 23.7 Å². The Kier molecular flexibility index (Phi) is 5.18. The molecule has 5 heteroatoms.